The number of anilines is 1. The van der Waals surface area contributed by atoms with Gasteiger partial charge >= 0.3 is 0 Å². The average molecular weight is 502 g/mol. The Labute approximate surface area is 206 Å². The fourth-order valence-corrected chi connectivity index (χ4v) is 4.95. The van der Waals surface area contributed by atoms with E-state index in [1.807, 2.05) is 24.3 Å². The van der Waals surface area contributed by atoms with E-state index in [1.54, 1.807) is 23.7 Å². The second-order valence-electron chi connectivity index (χ2n) is 7.43. The van der Waals surface area contributed by atoms with Crippen molar-refractivity contribution >= 4 is 35.2 Å². The molecule has 178 valence electrons. The highest BCUT2D eigenvalue weighted by molar-refractivity contribution is 7.98. The van der Waals surface area contributed by atoms with Crippen LogP contribution in [0.1, 0.15) is 24.1 Å². The van der Waals surface area contributed by atoms with Crippen LogP contribution in [-0.4, -0.2) is 42.0 Å². The molecule has 0 radical (unpaired) electrons. The van der Waals surface area contributed by atoms with Crippen molar-refractivity contribution in [1.82, 2.24) is 14.8 Å². The van der Waals surface area contributed by atoms with Crippen molar-refractivity contribution < 1.29 is 19.0 Å². The monoisotopic (exact) mass is 501 g/mol. The number of primary amides is 1. The van der Waals surface area contributed by atoms with Crippen molar-refractivity contribution in [3.63, 3.8) is 0 Å². The Hall–Kier alpha value is -3.37. The number of nitrogens with one attached hydrogen (secondary N) is 1. The van der Waals surface area contributed by atoms with Crippen molar-refractivity contribution in [3.05, 3.63) is 63.8 Å². The van der Waals surface area contributed by atoms with Crippen molar-refractivity contribution in [3.8, 4) is 17.2 Å². The highest BCUT2D eigenvalue weighted by atomic mass is 35.5. The molecule has 1 aliphatic rings. The van der Waals surface area contributed by atoms with Crippen LogP contribution in [-0.2, 0) is 10.5 Å². The number of hydrogen-bond donors (Lipinski definition) is 2. The molecule has 1 atom stereocenters. The van der Waals surface area contributed by atoms with Gasteiger partial charge in [0.25, 0.3) is 0 Å². The fourth-order valence-electron chi connectivity index (χ4n) is 3.84. The van der Waals surface area contributed by atoms with Crippen LogP contribution in [0.15, 0.2) is 52.8 Å². The molecule has 11 heteroatoms. The maximum absolute atomic E-state index is 12.5. The Morgan fingerprint density at radius 2 is 1.85 bits per heavy atom. The lowest BCUT2D eigenvalue weighted by Gasteiger charge is -2.28. The van der Waals surface area contributed by atoms with E-state index in [1.165, 1.54) is 33.1 Å². The molecule has 3 aromatic rings. The molecule has 9 nitrogen and oxygen atoms in total. The number of hydrogen-bond acceptors (Lipinski definition) is 8. The van der Waals surface area contributed by atoms with E-state index < -0.39 is 11.9 Å². The number of aromatic nitrogens is 3. The van der Waals surface area contributed by atoms with E-state index in [9.17, 15) is 4.79 Å². The number of amides is 1. The van der Waals surface area contributed by atoms with Crippen LogP contribution in [0, 0.1) is 0 Å². The Kier molecular flexibility index (Phi) is 6.90. The van der Waals surface area contributed by atoms with Gasteiger partial charge in [0.1, 0.15) is 6.04 Å². The summed E-state index contributed by atoms with van der Waals surface area (Å²) in [6.45, 7) is 1.78. The van der Waals surface area contributed by atoms with Gasteiger partial charge in [-0.05, 0) is 36.2 Å². The summed E-state index contributed by atoms with van der Waals surface area (Å²) in [5.74, 6) is 1.85. The molecule has 0 aliphatic carbocycles. The Bertz CT molecular complexity index is 1250. The van der Waals surface area contributed by atoms with Gasteiger partial charge in [-0.25, -0.2) is 4.68 Å². The van der Waals surface area contributed by atoms with Crippen LogP contribution in [0.5, 0.6) is 17.2 Å². The first-order valence-electron chi connectivity index (χ1n) is 10.3. The molecule has 4 rings (SSSR count). The van der Waals surface area contributed by atoms with Gasteiger partial charge < -0.3 is 25.3 Å². The van der Waals surface area contributed by atoms with Crippen LogP contribution >= 0.6 is 23.4 Å². The molecule has 0 bridgehead atoms. The molecule has 2 heterocycles. The third-order valence-electron chi connectivity index (χ3n) is 5.42. The topological polar surface area (TPSA) is 114 Å². The fraction of sp³-hybridized carbons (Fsp3) is 0.261. The number of methoxy groups -OCH3 is 3. The number of ether oxygens (including phenoxy) is 3. The smallest absolute Gasteiger partial charge is 0.248 e. The van der Waals surface area contributed by atoms with E-state index in [-0.39, 0.29) is 0 Å². The average Bonchev–Trinajstić information content (AvgIpc) is 3.23. The quantitative estimate of drug-likeness (QED) is 0.445. The third-order valence-corrected chi connectivity index (χ3v) is 6.67. The van der Waals surface area contributed by atoms with Gasteiger partial charge in [-0.1, -0.05) is 41.6 Å². The first-order chi connectivity index (χ1) is 16.4. The number of nitrogens with zero attached hydrogens (tertiary/aromatic N) is 3. The minimum atomic E-state index is -0.649. The number of benzene rings is 2. The van der Waals surface area contributed by atoms with Crippen LogP contribution in [0.25, 0.3) is 0 Å². The standard InChI is InChI=1S/C23H24ClN5O4S/c1-12-18(21(25)30)19(14-9-16(31-2)20(33-4)17(10-14)32-3)29-22(26-12)27-23(28-29)34-11-13-7-5-6-8-15(13)24/h5-10,19H,11H2,1-4H3,(H2,25,30)(H,26,27,28)/t19-/m1/s1. The minimum Gasteiger partial charge on any atom is -0.493 e. The van der Waals surface area contributed by atoms with E-state index >= 15 is 0 Å². The summed E-state index contributed by atoms with van der Waals surface area (Å²) in [5, 5.41) is 9.03. The van der Waals surface area contributed by atoms with Crippen LogP contribution in [0.3, 0.4) is 0 Å². The summed E-state index contributed by atoms with van der Waals surface area (Å²) in [5.41, 5.74) is 8.39. The number of fused-ring (bicyclic) bond motifs is 1. The molecular formula is C23H24ClN5O4S. The number of rotatable bonds is 8. The highest BCUT2D eigenvalue weighted by Crippen LogP contribution is 2.44. The second-order valence-corrected chi connectivity index (χ2v) is 8.78. The van der Waals surface area contributed by atoms with Gasteiger partial charge in [-0.2, -0.15) is 4.98 Å². The SMILES string of the molecule is COc1cc([C@@H]2C(C(N)=O)=C(C)Nc3nc(SCc4ccccc4Cl)nn32)cc(OC)c1OC. The second kappa shape index (κ2) is 9.86. The zero-order valence-corrected chi connectivity index (χ0v) is 20.7. The number of halogens is 1. The van der Waals surface area contributed by atoms with E-state index in [4.69, 9.17) is 31.5 Å². The maximum Gasteiger partial charge on any atom is 0.248 e. The lowest BCUT2D eigenvalue weighted by Crippen LogP contribution is -2.31. The number of thioether (sulfide) groups is 1. The van der Waals surface area contributed by atoms with Gasteiger partial charge in [0.05, 0.1) is 26.9 Å². The molecule has 3 N–H and O–H groups in total. The number of nitrogens with two attached hydrogens (primary N) is 1. The number of carbonyl (C=O) groups is 1. The van der Waals surface area contributed by atoms with E-state index in [0.29, 0.717) is 56.0 Å². The Morgan fingerprint density at radius 3 is 2.44 bits per heavy atom. The third kappa shape index (κ3) is 4.38. The molecule has 1 aromatic heterocycles. The van der Waals surface area contributed by atoms with Crippen molar-refractivity contribution in [2.75, 3.05) is 26.6 Å². The molecule has 1 aliphatic heterocycles. The first kappa shape index (κ1) is 23.8. The predicted octanol–water partition coefficient (Wildman–Crippen LogP) is 4.02. The maximum atomic E-state index is 12.5. The predicted molar refractivity (Wildman–Crippen MR) is 131 cm³/mol. The summed E-state index contributed by atoms with van der Waals surface area (Å²) in [6.07, 6.45) is 0. The summed E-state index contributed by atoms with van der Waals surface area (Å²) >= 11 is 7.73. The molecule has 0 saturated heterocycles. The number of allylic oxidation sites excluding steroid dienone is 1. The van der Waals surface area contributed by atoms with Crippen molar-refractivity contribution in [1.29, 1.82) is 0 Å². The lowest BCUT2D eigenvalue weighted by molar-refractivity contribution is -0.115. The normalized spacial score (nSPS) is 14.9. The Morgan fingerprint density at radius 1 is 1.18 bits per heavy atom. The van der Waals surface area contributed by atoms with Crippen LogP contribution in [0.4, 0.5) is 5.95 Å². The molecule has 2 aromatic carbocycles. The van der Waals surface area contributed by atoms with Gasteiger partial charge in [-0.3, -0.25) is 4.79 Å². The molecule has 0 saturated carbocycles. The number of carbonyl (C=O) groups excluding carboxylic acids is 1. The zero-order chi connectivity index (χ0) is 24.4. The van der Waals surface area contributed by atoms with Gasteiger partial charge in [0.2, 0.25) is 22.8 Å². The highest BCUT2D eigenvalue weighted by Gasteiger charge is 2.34. The van der Waals surface area contributed by atoms with Crippen LogP contribution < -0.4 is 25.3 Å². The molecule has 34 heavy (non-hydrogen) atoms. The summed E-state index contributed by atoms with van der Waals surface area (Å²) in [6, 6.07) is 10.5. The van der Waals surface area contributed by atoms with Gasteiger partial charge in [0, 0.05) is 16.5 Å². The Balaban J connectivity index is 1.78. The van der Waals surface area contributed by atoms with Crippen LogP contribution in [0.2, 0.25) is 5.02 Å². The van der Waals surface area contributed by atoms with E-state index in [0.717, 1.165) is 5.56 Å². The molecule has 0 fully saturated rings. The van der Waals surface area contributed by atoms with Gasteiger partial charge in [-0.15, -0.1) is 5.10 Å². The minimum absolute atomic E-state index is 0.356. The molecule has 0 unspecified atom stereocenters. The summed E-state index contributed by atoms with van der Waals surface area (Å²) in [4.78, 5) is 17.1. The van der Waals surface area contributed by atoms with Crippen molar-refractivity contribution in [2.24, 2.45) is 5.73 Å². The molecular weight excluding hydrogens is 478 g/mol. The molecule has 1 amide bonds. The summed E-state index contributed by atoms with van der Waals surface area (Å²) in [7, 11) is 4.59. The summed E-state index contributed by atoms with van der Waals surface area (Å²) < 4.78 is 18.1. The van der Waals surface area contributed by atoms with E-state index in [2.05, 4.69) is 15.4 Å². The zero-order valence-electron chi connectivity index (χ0n) is 19.1. The largest absolute Gasteiger partial charge is 0.493 e. The van der Waals surface area contributed by atoms with Crippen molar-refractivity contribution in [2.45, 2.75) is 23.9 Å². The lowest BCUT2D eigenvalue weighted by atomic mass is 9.94. The van der Waals surface area contributed by atoms with Gasteiger partial charge in [0.15, 0.2) is 11.5 Å². The first-order valence-corrected chi connectivity index (χ1v) is 11.6. The molecule has 0 spiro atoms.